The SMILES string of the molecule is C=C(C)C=N/C(=C/C(C#N)=C\C)C(=C)C. The number of rotatable bonds is 4. The zero-order valence-electron chi connectivity index (χ0n) is 9.54. The van der Waals surface area contributed by atoms with Gasteiger partial charge in [-0.3, -0.25) is 4.99 Å². The summed E-state index contributed by atoms with van der Waals surface area (Å²) in [5.41, 5.74) is 2.96. The maximum Gasteiger partial charge on any atom is 0.0988 e. The van der Waals surface area contributed by atoms with Crippen LogP contribution in [0.4, 0.5) is 0 Å². The van der Waals surface area contributed by atoms with Gasteiger partial charge in [-0.15, -0.1) is 0 Å². The molecule has 0 aliphatic heterocycles. The van der Waals surface area contributed by atoms with E-state index in [2.05, 4.69) is 24.2 Å². The fourth-order valence-corrected chi connectivity index (χ4v) is 0.778. The fraction of sp³-hybridized carbons (Fsp3) is 0.231. The number of nitrogens with zero attached hydrogens (tertiary/aromatic N) is 2. The molecule has 0 atom stereocenters. The van der Waals surface area contributed by atoms with Gasteiger partial charge in [0.05, 0.1) is 11.8 Å². The van der Waals surface area contributed by atoms with E-state index in [1.54, 1.807) is 18.4 Å². The van der Waals surface area contributed by atoms with Gasteiger partial charge in [0.15, 0.2) is 0 Å². The minimum absolute atomic E-state index is 0.576. The van der Waals surface area contributed by atoms with Gasteiger partial charge in [0.25, 0.3) is 0 Å². The summed E-state index contributed by atoms with van der Waals surface area (Å²) in [5, 5.41) is 8.77. The summed E-state index contributed by atoms with van der Waals surface area (Å²) in [7, 11) is 0. The van der Waals surface area contributed by atoms with Gasteiger partial charge in [0, 0.05) is 11.8 Å². The van der Waals surface area contributed by atoms with Gasteiger partial charge in [-0.25, -0.2) is 0 Å². The Bertz CT molecular complexity index is 387. The molecular weight excluding hydrogens is 184 g/mol. The Morgan fingerprint density at radius 3 is 2.27 bits per heavy atom. The number of hydrogen-bond acceptors (Lipinski definition) is 2. The van der Waals surface area contributed by atoms with Crippen LogP contribution >= 0.6 is 0 Å². The predicted molar refractivity (Wildman–Crippen MR) is 65.6 cm³/mol. The molecule has 0 spiro atoms. The van der Waals surface area contributed by atoms with Crippen molar-refractivity contribution in [3.63, 3.8) is 0 Å². The molecule has 0 saturated heterocycles. The summed E-state index contributed by atoms with van der Waals surface area (Å²) in [5.74, 6) is 0. The highest BCUT2D eigenvalue weighted by atomic mass is 14.7. The molecule has 0 aliphatic carbocycles. The first-order valence-corrected chi connectivity index (χ1v) is 4.64. The molecule has 78 valence electrons. The average Bonchev–Trinajstić information content (AvgIpc) is 2.17. The van der Waals surface area contributed by atoms with Crippen molar-refractivity contribution in [3.8, 4) is 6.07 Å². The van der Waals surface area contributed by atoms with E-state index >= 15 is 0 Å². The highest BCUT2D eigenvalue weighted by molar-refractivity contribution is 5.78. The van der Waals surface area contributed by atoms with Gasteiger partial charge < -0.3 is 0 Å². The van der Waals surface area contributed by atoms with E-state index < -0.39 is 0 Å². The lowest BCUT2D eigenvalue weighted by molar-refractivity contribution is 1.29. The smallest absolute Gasteiger partial charge is 0.0988 e. The van der Waals surface area contributed by atoms with Crippen LogP contribution in [0.2, 0.25) is 0 Å². The summed E-state index contributed by atoms with van der Waals surface area (Å²) in [6, 6.07) is 2.07. The Hall–Kier alpha value is -1.88. The maximum absolute atomic E-state index is 8.77. The third-order valence-corrected chi connectivity index (χ3v) is 1.59. The molecule has 0 amide bonds. The zero-order valence-corrected chi connectivity index (χ0v) is 9.54. The molecule has 2 heteroatoms. The monoisotopic (exact) mass is 200 g/mol. The molecule has 0 saturated carbocycles. The first-order chi connectivity index (χ1) is 7.01. The number of hydrogen-bond donors (Lipinski definition) is 0. The predicted octanol–water partition coefficient (Wildman–Crippen LogP) is 3.56. The van der Waals surface area contributed by atoms with Crippen LogP contribution in [-0.2, 0) is 0 Å². The molecule has 0 aromatic carbocycles. The summed E-state index contributed by atoms with van der Waals surface area (Å²) in [4.78, 5) is 4.20. The van der Waals surface area contributed by atoms with Crippen LogP contribution in [0.25, 0.3) is 0 Å². The minimum atomic E-state index is 0.576. The highest BCUT2D eigenvalue weighted by Crippen LogP contribution is 2.11. The minimum Gasteiger partial charge on any atom is -0.256 e. The molecule has 0 N–H and O–H groups in total. The lowest BCUT2D eigenvalue weighted by atomic mass is 10.1. The third-order valence-electron chi connectivity index (χ3n) is 1.59. The molecule has 0 aliphatic rings. The van der Waals surface area contributed by atoms with Crippen LogP contribution < -0.4 is 0 Å². The largest absolute Gasteiger partial charge is 0.256 e. The molecule has 0 aromatic heterocycles. The number of nitriles is 1. The van der Waals surface area contributed by atoms with Gasteiger partial charge >= 0.3 is 0 Å². The van der Waals surface area contributed by atoms with Gasteiger partial charge in [0.1, 0.15) is 0 Å². The quantitative estimate of drug-likeness (QED) is 0.388. The Labute approximate surface area is 91.6 Å². The van der Waals surface area contributed by atoms with E-state index in [1.165, 1.54) is 0 Å². The van der Waals surface area contributed by atoms with E-state index in [0.29, 0.717) is 11.3 Å². The van der Waals surface area contributed by atoms with Crippen molar-refractivity contribution in [1.29, 1.82) is 5.26 Å². The van der Waals surface area contributed by atoms with E-state index in [9.17, 15) is 0 Å². The normalized spacial score (nSPS) is 12.7. The van der Waals surface area contributed by atoms with E-state index in [4.69, 9.17) is 5.26 Å². The maximum atomic E-state index is 8.77. The van der Waals surface area contributed by atoms with Crippen molar-refractivity contribution >= 4 is 6.21 Å². The summed E-state index contributed by atoms with van der Waals surface area (Å²) < 4.78 is 0. The molecule has 0 heterocycles. The van der Waals surface area contributed by atoms with Crippen molar-refractivity contribution < 1.29 is 0 Å². The van der Waals surface area contributed by atoms with Crippen molar-refractivity contribution in [1.82, 2.24) is 0 Å². The number of allylic oxidation sites excluding steroid dienone is 5. The van der Waals surface area contributed by atoms with Crippen LogP contribution in [-0.4, -0.2) is 6.21 Å². The van der Waals surface area contributed by atoms with Crippen molar-refractivity contribution in [2.45, 2.75) is 20.8 Å². The van der Waals surface area contributed by atoms with E-state index in [1.807, 2.05) is 20.8 Å². The first kappa shape index (κ1) is 13.1. The molecule has 0 bridgehead atoms. The molecule has 15 heavy (non-hydrogen) atoms. The van der Waals surface area contributed by atoms with Crippen LogP contribution in [0.1, 0.15) is 20.8 Å². The molecular formula is C13H16N2. The molecule has 2 nitrogen and oxygen atoms in total. The lowest BCUT2D eigenvalue weighted by Gasteiger charge is -1.99. The first-order valence-electron chi connectivity index (χ1n) is 4.64. The Morgan fingerprint density at radius 2 is 1.93 bits per heavy atom. The van der Waals surface area contributed by atoms with Gasteiger partial charge in [-0.05, 0) is 38.0 Å². The Balaban J connectivity index is 5.08. The second-order valence-corrected chi connectivity index (χ2v) is 3.27. The van der Waals surface area contributed by atoms with Crippen LogP contribution in [0.15, 0.2) is 52.7 Å². The van der Waals surface area contributed by atoms with Crippen LogP contribution in [0, 0.1) is 11.3 Å². The second-order valence-electron chi connectivity index (χ2n) is 3.27. The molecule has 0 aromatic rings. The topological polar surface area (TPSA) is 36.1 Å². The summed E-state index contributed by atoms with van der Waals surface area (Å²) in [6.45, 7) is 13.1. The van der Waals surface area contributed by atoms with Gasteiger partial charge in [0.2, 0.25) is 0 Å². The fourth-order valence-electron chi connectivity index (χ4n) is 0.778. The third kappa shape index (κ3) is 5.43. The van der Waals surface area contributed by atoms with Crippen molar-refractivity contribution in [3.05, 3.63) is 47.7 Å². The molecule has 0 radical (unpaired) electrons. The number of aliphatic imine (C=N–C) groups is 1. The Kier molecular flexibility index (Phi) is 5.73. The zero-order chi connectivity index (χ0) is 11.8. The highest BCUT2D eigenvalue weighted by Gasteiger charge is 1.96. The van der Waals surface area contributed by atoms with Crippen molar-refractivity contribution in [2.24, 2.45) is 4.99 Å². The van der Waals surface area contributed by atoms with Crippen molar-refractivity contribution in [2.75, 3.05) is 0 Å². The Morgan fingerprint density at radius 1 is 1.33 bits per heavy atom. The van der Waals surface area contributed by atoms with Crippen LogP contribution in [0.5, 0.6) is 0 Å². The standard InChI is InChI=1S/C13H16N2/c1-6-12(8-14)7-13(11(4)5)15-9-10(2)3/h6-7,9H,2,4H2,1,3,5H3/b12-6+,13-7+,15-9?. The van der Waals surface area contributed by atoms with Crippen LogP contribution in [0.3, 0.4) is 0 Å². The molecule has 0 rings (SSSR count). The summed E-state index contributed by atoms with van der Waals surface area (Å²) in [6.07, 6.45) is 5.10. The van der Waals surface area contributed by atoms with E-state index in [-0.39, 0.29) is 0 Å². The lowest BCUT2D eigenvalue weighted by Crippen LogP contribution is -1.84. The average molecular weight is 200 g/mol. The summed E-state index contributed by atoms with van der Waals surface area (Å²) >= 11 is 0. The molecule has 0 fully saturated rings. The van der Waals surface area contributed by atoms with Gasteiger partial charge in [-0.2, -0.15) is 5.26 Å². The molecule has 0 unspecified atom stereocenters. The van der Waals surface area contributed by atoms with Gasteiger partial charge in [-0.1, -0.05) is 19.2 Å². The van der Waals surface area contributed by atoms with E-state index in [0.717, 1.165) is 11.1 Å². The second kappa shape index (κ2) is 6.56.